The molecule has 0 aliphatic carbocycles. The molecule has 2 rings (SSSR count). The first-order chi connectivity index (χ1) is 9.60. The number of benzene rings is 1. The summed E-state index contributed by atoms with van der Waals surface area (Å²) in [5.74, 6) is -0.310. The summed E-state index contributed by atoms with van der Waals surface area (Å²) in [5.41, 5.74) is 3.21. The lowest BCUT2D eigenvalue weighted by Gasteiger charge is -2.26. The van der Waals surface area contributed by atoms with E-state index in [-0.39, 0.29) is 25.0 Å². The van der Waals surface area contributed by atoms with Gasteiger partial charge in [-0.1, -0.05) is 13.0 Å². The van der Waals surface area contributed by atoms with Crippen molar-refractivity contribution in [3.05, 3.63) is 29.3 Å². The molecule has 1 N–H and O–H groups in total. The van der Waals surface area contributed by atoms with Crippen LogP contribution in [0, 0.1) is 6.92 Å². The molecule has 1 aliphatic rings. The first kappa shape index (κ1) is 14.5. The summed E-state index contributed by atoms with van der Waals surface area (Å²) in [6.07, 6.45) is 0.928. The van der Waals surface area contributed by atoms with E-state index in [2.05, 4.69) is 19.2 Å². The van der Waals surface area contributed by atoms with Crippen LogP contribution in [0.15, 0.2) is 18.2 Å². The normalized spacial score (nSPS) is 15.3. The van der Waals surface area contributed by atoms with Gasteiger partial charge in [0.1, 0.15) is 13.2 Å². The predicted octanol–water partition coefficient (Wildman–Crippen LogP) is 1.35. The summed E-state index contributed by atoms with van der Waals surface area (Å²) >= 11 is 0. The fraction of sp³-hybridized carbons (Fsp3) is 0.467. The number of carbonyl (C=O) groups is 2. The number of nitrogens with one attached hydrogen (secondary N) is 1. The van der Waals surface area contributed by atoms with E-state index in [0.717, 1.165) is 12.1 Å². The molecule has 0 aromatic heterocycles. The number of rotatable bonds is 4. The van der Waals surface area contributed by atoms with Crippen molar-refractivity contribution in [2.75, 3.05) is 31.6 Å². The molecule has 20 heavy (non-hydrogen) atoms. The molecule has 1 aromatic rings. The highest BCUT2D eigenvalue weighted by Crippen LogP contribution is 2.15. The Hall–Kier alpha value is -1.88. The number of anilines is 1. The van der Waals surface area contributed by atoms with Crippen molar-refractivity contribution in [3.8, 4) is 0 Å². The Balaban J connectivity index is 1.95. The number of hydrogen-bond acceptors (Lipinski definition) is 3. The molecular formula is C15H20N2O3. The molecule has 0 atom stereocenters. The third kappa shape index (κ3) is 3.57. The molecule has 1 saturated heterocycles. The van der Waals surface area contributed by atoms with Crippen molar-refractivity contribution in [1.29, 1.82) is 0 Å². The fourth-order valence-corrected chi connectivity index (χ4v) is 2.22. The SMILES string of the molecule is CCc1cc(NC(=O)CN2CCOCC2=O)ccc1C. The summed E-state index contributed by atoms with van der Waals surface area (Å²) in [6, 6.07) is 5.86. The zero-order valence-electron chi connectivity index (χ0n) is 11.9. The molecule has 0 unspecified atom stereocenters. The fourth-order valence-electron chi connectivity index (χ4n) is 2.22. The molecule has 1 fully saturated rings. The summed E-state index contributed by atoms with van der Waals surface area (Å²) in [4.78, 5) is 25.0. The lowest BCUT2D eigenvalue weighted by Crippen LogP contribution is -2.45. The molecule has 0 radical (unpaired) electrons. The zero-order valence-corrected chi connectivity index (χ0v) is 11.9. The highest BCUT2D eigenvalue weighted by molar-refractivity contribution is 5.94. The van der Waals surface area contributed by atoms with E-state index in [1.54, 1.807) is 0 Å². The van der Waals surface area contributed by atoms with Crippen LogP contribution in [0.25, 0.3) is 0 Å². The van der Waals surface area contributed by atoms with Gasteiger partial charge in [0.15, 0.2) is 0 Å². The lowest BCUT2D eigenvalue weighted by atomic mass is 10.1. The van der Waals surface area contributed by atoms with E-state index < -0.39 is 0 Å². The van der Waals surface area contributed by atoms with Crippen LogP contribution in [0.5, 0.6) is 0 Å². The average molecular weight is 276 g/mol. The van der Waals surface area contributed by atoms with Gasteiger partial charge in [0.25, 0.3) is 0 Å². The Bertz CT molecular complexity index is 514. The van der Waals surface area contributed by atoms with Crippen molar-refractivity contribution in [2.45, 2.75) is 20.3 Å². The number of ether oxygens (including phenoxy) is 1. The number of morpholine rings is 1. The van der Waals surface area contributed by atoms with E-state index in [1.165, 1.54) is 16.0 Å². The Morgan fingerprint density at radius 2 is 2.25 bits per heavy atom. The smallest absolute Gasteiger partial charge is 0.249 e. The maximum absolute atomic E-state index is 12.0. The minimum atomic E-state index is -0.175. The lowest BCUT2D eigenvalue weighted by molar-refractivity contribution is -0.144. The number of nitrogens with zero attached hydrogens (tertiary/aromatic N) is 1. The van der Waals surface area contributed by atoms with Gasteiger partial charge in [0.05, 0.1) is 6.61 Å². The van der Waals surface area contributed by atoms with E-state index >= 15 is 0 Å². The molecule has 1 aromatic carbocycles. The topological polar surface area (TPSA) is 58.6 Å². The van der Waals surface area contributed by atoms with Crippen LogP contribution in [0.4, 0.5) is 5.69 Å². The summed E-state index contributed by atoms with van der Waals surface area (Å²) in [5, 5.41) is 2.84. The Labute approximate surface area is 118 Å². The number of aryl methyl sites for hydroxylation is 2. The van der Waals surface area contributed by atoms with Gasteiger partial charge in [-0.2, -0.15) is 0 Å². The zero-order chi connectivity index (χ0) is 14.5. The second-order valence-corrected chi connectivity index (χ2v) is 4.91. The number of carbonyl (C=O) groups excluding carboxylic acids is 2. The highest BCUT2D eigenvalue weighted by atomic mass is 16.5. The molecular weight excluding hydrogens is 256 g/mol. The van der Waals surface area contributed by atoms with Crippen molar-refractivity contribution >= 4 is 17.5 Å². The van der Waals surface area contributed by atoms with Gasteiger partial charge in [-0.25, -0.2) is 0 Å². The second kappa shape index (κ2) is 6.52. The minimum Gasteiger partial charge on any atom is -0.370 e. The highest BCUT2D eigenvalue weighted by Gasteiger charge is 2.20. The Kier molecular flexibility index (Phi) is 4.74. The summed E-state index contributed by atoms with van der Waals surface area (Å²) in [6.45, 7) is 5.25. The van der Waals surface area contributed by atoms with Crippen LogP contribution in [-0.4, -0.2) is 43.0 Å². The van der Waals surface area contributed by atoms with Crippen molar-refractivity contribution < 1.29 is 14.3 Å². The van der Waals surface area contributed by atoms with Crippen LogP contribution in [-0.2, 0) is 20.7 Å². The number of amides is 2. The summed E-state index contributed by atoms with van der Waals surface area (Å²) in [7, 11) is 0. The average Bonchev–Trinajstić information content (AvgIpc) is 2.43. The molecule has 108 valence electrons. The molecule has 5 nitrogen and oxygen atoms in total. The van der Waals surface area contributed by atoms with Crippen LogP contribution in [0.3, 0.4) is 0 Å². The van der Waals surface area contributed by atoms with Crippen molar-refractivity contribution in [2.24, 2.45) is 0 Å². The third-order valence-electron chi connectivity index (χ3n) is 3.43. The van der Waals surface area contributed by atoms with Gasteiger partial charge in [-0.05, 0) is 36.6 Å². The van der Waals surface area contributed by atoms with Crippen LogP contribution >= 0.6 is 0 Å². The van der Waals surface area contributed by atoms with Gasteiger partial charge >= 0.3 is 0 Å². The second-order valence-electron chi connectivity index (χ2n) is 4.91. The predicted molar refractivity (Wildman–Crippen MR) is 76.6 cm³/mol. The van der Waals surface area contributed by atoms with E-state index in [9.17, 15) is 9.59 Å². The van der Waals surface area contributed by atoms with Crippen LogP contribution in [0.1, 0.15) is 18.1 Å². The van der Waals surface area contributed by atoms with Crippen LogP contribution in [0.2, 0.25) is 0 Å². The Morgan fingerprint density at radius 3 is 2.95 bits per heavy atom. The van der Waals surface area contributed by atoms with Crippen molar-refractivity contribution in [1.82, 2.24) is 4.90 Å². The first-order valence-corrected chi connectivity index (χ1v) is 6.85. The van der Waals surface area contributed by atoms with Gasteiger partial charge in [-0.3, -0.25) is 9.59 Å². The van der Waals surface area contributed by atoms with E-state index in [0.29, 0.717) is 13.2 Å². The van der Waals surface area contributed by atoms with E-state index in [1.807, 2.05) is 18.2 Å². The van der Waals surface area contributed by atoms with E-state index in [4.69, 9.17) is 4.74 Å². The largest absolute Gasteiger partial charge is 0.370 e. The number of hydrogen-bond donors (Lipinski definition) is 1. The minimum absolute atomic E-state index is 0.0673. The molecule has 2 amide bonds. The van der Waals surface area contributed by atoms with Crippen LogP contribution < -0.4 is 5.32 Å². The maximum atomic E-state index is 12.0. The molecule has 0 saturated carbocycles. The molecule has 0 bridgehead atoms. The molecule has 1 aliphatic heterocycles. The monoisotopic (exact) mass is 276 g/mol. The molecule has 1 heterocycles. The Morgan fingerprint density at radius 1 is 1.45 bits per heavy atom. The standard InChI is InChI=1S/C15H20N2O3/c1-3-12-8-13(5-4-11(12)2)16-14(18)9-17-6-7-20-10-15(17)19/h4-5,8H,3,6-7,9-10H2,1-2H3,(H,16,18). The summed E-state index contributed by atoms with van der Waals surface area (Å²) < 4.78 is 5.03. The van der Waals surface area contributed by atoms with Gasteiger partial charge in [-0.15, -0.1) is 0 Å². The van der Waals surface area contributed by atoms with Gasteiger partial charge in [0.2, 0.25) is 11.8 Å². The van der Waals surface area contributed by atoms with Gasteiger partial charge in [0, 0.05) is 12.2 Å². The van der Waals surface area contributed by atoms with Gasteiger partial charge < -0.3 is 15.0 Å². The third-order valence-corrected chi connectivity index (χ3v) is 3.43. The first-order valence-electron chi connectivity index (χ1n) is 6.85. The maximum Gasteiger partial charge on any atom is 0.249 e. The quantitative estimate of drug-likeness (QED) is 0.903. The van der Waals surface area contributed by atoms with Crippen molar-refractivity contribution in [3.63, 3.8) is 0 Å². The molecule has 5 heteroatoms. The molecule has 0 spiro atoms.